The molecule has 1 aliphatic heterocycles. The van der Waals surface area contributed by atoms with E-state index in [0.717, 1.165) is 19.3 Å². The van der Waals surface area contributed by atoms with Crippen molar-refractivity contribution in [3.8, 4) is 0 Å². The van der Waals surface area contributed by atoms with Crippen molar-refractivity contribution in [2.75, 3.05) is 18.5 Å². The van der Waals surface area contributed by atoms with Crippen LogP contribution in [0.25, 0.3) is 0 Å². The van der Waals surface area contributed by atoms with Gasteiger partial charge in [0.1, 0.15) is 0 Å². The van der Waals surface area contributed by atoms with Crippen LogP contribution in [0.2, 0.25) is 5.02 Å². The summed E-state index contributed by atoms with van der Waals surface area (Å²) in [4.78, 5) is 50.1. The van der Waals surface area contributed by atoms with Crippen LogP contribution >= 0.6 is 11.6 Å². The van der Waals surface area contributed by atoms with Crippen LogP contribution < -0.4 is 5.32 Å². The number of imide groups is 1. The number of likely N-dealkylation sites (tertiary alicyclic amines) is 1. The van der Waals surface area contributed by atoms with Gasteiger partial charge in [0.05, 0.1) is 18.3 Å². The summed E-state index contributed by atoms with van der Waals surface area (Å²) in [5, 5.41) is 3.13. The first-order valence-corrected chi connectivity index (χ1v) is 9.88. The molecule has 2 saturated carbocycles. The lowest BCUT2D eigenvalue weighted by Crippen LogP contribution is -2.35. The largest absolute Gasteiger partial charge is 0.456 e. The highest BCUT2D eigenvalue weighted by molar-refractivity contribution is 6.30. The molecule has 3 amide bonds. The van der Waals surface area contributed by atoms with Crippen LogP contribution in [0, 0.1) is 23.7 Å². The van der Waals surface area contributed by atoms with Crippen molar-refractivity contribution in [3.05, 3.63) is 29.3 Å². The molecule has 0 radical (unpaired) electrons. The molecule has 3 fully saturated rings. The minimum Gasteiger partial charge on any atom is -0.456 e. The van der Waals surface area contributed by atoms with Crippen LogP contribution in [-0.4, -0.2) is 41.7 Å². The van der Waals surface area contributed by atoms with Gasteiger partial charge in [-0.2, -0.15) is 0 Å². The molecule has 7 nitrogen and oxygen atoms in total. The molecule has 0 unspecified atom stereocenters. The molecule has 28 heavy (non-hydrogen) atoms. The maximum Gasteiger partial charge on any atom is 0.308 e. The quantitative estimate of drug-likeness (QED) is 0.579. The molecule has 1 N–H and O–H groups in total. The van der Waals surface area contributed by atoms with Gasteiger partial charge in [0.25, 0.3) is 5.91 Å². The Kier molecular flexibility index (Phi) is 5.10. The van der Waals surface area contributed by atoms with Gasteiger partial charge in [-0.1, -0.05) is 11.6 Å². The molecule has 1 aromatic rings. The van der Waals surface area contributed by atoms with Crippen molar-refractivity contribution in [1.82, 2.24) is 4.90 Å². The van der Waals surface area contributed by atoms with Crippen molar-refractivity contribution < 1.29 is 23.9 Å². The fourth-order valence-electron chi connectivity index (χ4n) is 4.84. The number of esters is 1. The van der Waals surface area contributed by atoms with E-state index in [0.29, 0.717) is 22.5 Å². The van der Waals surface area contributed by atoms with Gasteiger partial charge < -0.3 is 10.1 Å². The van der Waals surface area contributed by atoms with E-state index in [4.69, 9.17) is 16.3 Å². The fourth-order valence-corrected chi connectivity index (χ4v) is 4.97. The topological polar surface area (TPSA) is 92.8 Å². The second kappa shape index (κ2) is 7.54. The average molecular weight is 405 g/mol. The minimum atomic E-state index is -0.619. The van der Waals surface area contributed by atoms with Gasteiger partial charge >= 0.3 is 5.97 Å². The number of carbonyl (C=O) groups is 4. The lowest BCUT2D eigenvalue weighted by atomic mass is 9.81. The van der Waals surface area contributed by atoms with E-state index in [9.17, 15) is 19.2 Å². The summed E-state index contributed by atoms with van der Waals surface area (Å²) in [7, 11) is 0. The molecule has 1 heterocycles. The lowest BCUT2D eigenvalue weighted by Gasteiger charge is -2.19. The molecular formula is C20H21ClN2O5. The van der Waals surface area contributed by atoms with E-state index in [2.05, 4.69) is 5.32 Å². The maximum atomic E-state index is 12.6. The van der Waals surface area contributed by atoms with Gasteiger partial charge in [0.15, 0.2) is 6.61 Å². The Morgan fingerprint density at radius 1 is 1.07 bits per heavy atom. The summed E-state index contributed by atoms with van der Waals surface area (Å²) in [5.74, 6) is -1.12. The van der Waals surface area contributed by atoms with Gasteiger partial charge in [0.2, 0.25) is 11.8 Å². The van der Waals surface area contributed by atoms with Gasteiger partial charge in [-0.25, -0.2) is 0 Å². The first-order chi connectivity index (χ1) is 13.4. The number of carbonyl (C=O) groups excluding carboxylic acids is 4. The summed E-state index contributed by atoms with van der Waals surface area (Å²) < 4.78 is 4.95. The fraction of sp³-hybridized carbons (Fsp3) is 0.500. The highest BCUT2D eigenvalue weighted by Gasteiger charge is 2.60. The van der Waals surface area contributed by atoms with Crippen LogP contribution in [0.15, 0.2) is 24.3 Å². The summed E-state index contributed by atoms with van der Waals surface area (Å²) in [6.45, 7) is -0.416. The molecule has 2 aliphatic carbocycles. The smallest absolute Gasteiger partial charge is 0.308 e. The highest BCUT2D eigenvalue weighted by Crippen LogP contribution is 2.56. The van der Waals surface area contributed by atoms with Crippen molar-refractivity contribution in [1.29, 1.82) is 0 Å². The number of rotatable bonds is 6. The third kappa shape index (κ3) is 3.51. The minimum absolute atomic E-state index is 0.0156. The second-order valence-electron chi connectivity index (χ2n) is 7.68. The molecule has 148 valence electrons. The third-order valence-electron chi connectivity index (χ3n) is 6.05. The van der Waals surface area contributed by atoms with Crippen LogP contribution in [0.5, 0.6) is 0 Å². The molecule has 0 aromatic heterocycles. The van der Waals surface area contributed by atoms with Crippen LogP contribution in [0.3, 0.4) is 0 Å². The number of fused-ring (bicyclic) bond motifs is 5. The van der Waals surface area contributed by atoms with E-state index in [-0.39, 0.29) is 36.6 Å². The predicted molar refractivity (Wildman–Crippen MR) is 100 cm³/mol. The highest BCUT2D eigenvalue weighted by atomic mass is 35.5. The number of halogens is 1. The zero-order valence-electron chi connectivity index (χ0n) is 15.2. The Labute approximate surface area is 167 Å². The molecule has 1 saturated heterocycles. The van der Waals surface area contributed by atoms with Crippen molar-refractivity contribution >= 4 is 41.0 Å². The molecule has 4 atom stereocenters. The normalized spacial score (nSPS) is 27.8. The van der Waals surface area contributed by atoms with Crippen LogP contribution in [0.4, 0.5) is 5.69 Å². The number of anilines is 1. The molecular weight excluding hydrogens is 384 g/mol. The molecule has 4 rings (SSSR count). The Balaban J connectivity index is 1.22. The Morgan fingerprint density at radius 2 is 1.68 bits per heavy atom. The summed E-state index contributed by atoms with van der Waals surface area (Å²) in [5.41, 5.74) is 0.542. The monoisotopic (exact) mass is 404 g/mol. The van der Waals surface area contributed by atoms with Gasteiger partial charge in [-0.15, -0.1) is 0 Å². The first kappa shape index (κ1) is 18.9. The Morgan fingerprint density at radius 3 is 2.29 bits per heavy atom. The van der Waals surface area contributed by atoms with E-state index >= 15 is 0 Å². The number of nitrogens with one attached hydrogen (secondary N) is 1. The molecule has 1 aromatic carbocycles. The van der Waals surface area contributed by atoms with Gasteiger partial charge in [-0.05, 0) is 55.4 Å². The Bertz CT molecular complexity index is 796. The van der Waals surface area contributed by atoms with E-state index in [1.165, 1.54) is 4.90 Å². The SMILES string of the molecule is O=C(COC(=O)CCN1C(=O)[C@@H]2[C@@H]3CC[C@@H](C3)[C@@H]2C1=O)Nc1ccc(Cl)cc1. The van der Waals surface area contributed by atoms with E-state index < -0.39 is 18.5 Å². The number of hydrogen-bond acceptors (Lipinski definition) is 5. The van der Waals surface area contributed by atoms with Crippen LogP contribution in [-0.2, 0) is 23.9 Å². The maximum absolute atomic E-state index is 12.6. The second-order valence-corrected chi connectivity index (χ2v) is 8.12. The number of nitrogens with zero attached hydrogens (tertiary/aromatic N) is 1. The predicted octanol–water partition coefficient (Wildman–Crippen LogP) is 2.24. The standard InChI is InChI=1S/C20H21ClN2O5/c21-13-3-5-14(6-4-13)22-15(24)10-28-16(25)7-8-23-19(26)17-11-1-2-12(9-11)18(17)20(23)27/h3-6,11-12,17-18H,1-2,7-10H2,(H,22,24)/t11-,12+,17-,18+. The molecule has 0 spiro atoms. The van der Waals surface area contributed by atoms with Crippen LogP contribution in [0.1, 0.15) is 25.7 Å². The summed E-state index contributed by atoms with van der Waals surface area (Å²) >= 11 is 5.78. The Hall–Kier alpha value is -2.41. The molecule has 3 aliphatic rings. The summed E-state index contributed by atoms with van der Waals surface area (Å²) in [6, 6.07) is 6.54. The van der Waals surface area contributed by atoms with Gasteiger partial charge in [0, 0.05) is 17.3 Å². The van der Waals surface area contributed by atoms with E-state index in [1.807, 2.05) is 0 Å². The van der Waals surface area contributed by atoms with Crippen molar-refractivity contribution in [2.45, 2.75) is 25.7 Å². The zero-order chi connectivity index (χ0) is 19.8. The number of benzene rings is 1. The van der Waals surface area contributed by atoms with E-state index in [1.54, 1.807) is 24.3 Å². The van der Waals surface area contributed by atoms with Crippen molar-refractivity contribution in [2.24, 2.45) is 23.7 Å². The molecule has 2 bridgehead atoms. The number of amides is 3. The zero-order valence-corrected chi connectivity index (χ0v) is 16.0. The number of ether oxygens (including phenoxy) is 1. The lowest BCUT2D eigenvalue weighted by molar-refractivity contribution is -0.149. The first-order valence-electron chi connectivity index (χ1n) is 9.50. The summed E-state index contributed by atoms with van der Waals surface area (Å²) in [6.07, 6.45) is 2.90. The van der Waals surface area contributed by atoms with Crippen molar-refractivity contribution in [3.63, 3.8) is 0 Å². The number of hydrogen-bond donors (Lipinski definition) is 1. The molecule has 8 heteroatoms. The van der Waals surface area contributed by atoms with Gasteiger partial charge in [-0.3, -0.25) is 24.1 Å². The average Bonchev–Trinajstić information content (AvgIpc) is 3.35. The third-order valence-corrected chi connectivity index (χ3v) is 6.30.